The Balaban J connectivity index is 0.000000918. The average Bonchev–Trinajstić information content (AvgIpc) is 3.84. The predicted molar refractivity (Wildman–Crippen MR) is 344 cm³/mol. The van der Waals surface area contributed by atoms with E-state index in [1.807, 2.05) is 13.8 Å². The first-order valence-electron chi connectivity index (χ1n) is 35.2. The molecular formula is C74H144F6. The van der Waals surface area contributed by atoms with Gasteiger partial charge in [0.25, 0.3) is 0 Å². The lowest BCUT2D eigenvalue weighted by Gasteiger charge is -2.54. The molecule has 8 aliphatic rings. The molecule has 0 amide bonds. The van der Waals surface area contributed by atoms with Gasteiger partial charge in [-0.25, -0.2) is 0 Å². The van der Waals surface area contributed by atoms with E-state index in [9.17, 15) is 26.3 Å². The lowest BCUT2D eigenvalue weighted by Crippen LogP contribution is -2.43. The lowest BCUT2D eigenvalue weighted by molar-refractivity contribution is -0.144. The van der Waals surface area contributed by atoms with Gasteiger partial charge in [0.1, 0.15) is 0 Å². The number of unbranched alkanes of at least 4 members (excludes halogenated alkanes) is 1. The van der Waals surface area contributed by atoms with Gasteiger partial charge in [-0.15, -0.1) is 0 Å². The fourth-order valence-electron chi connectivity index (χ4n) is 15.8. The van der Waals surface area contributed by atoms with Crippen LogP contribution in [0.25, 0.3) is 0 Å². The van der Waals surface area contributed by atoms with Crippen LogP contribution in [0.2, 0.25) is 0 Å². The molecule has 0 N–H and O–H groups in total. The van der Waals surface area contributed by atoms with Crippen molar-refractivity contribution in [3.05, 3.63) is 0 Å². The van der Waals surface area contributed by atoms with Crippen LogP contribution in [0.15, 0.2) is 0 Å². The summed E-state index contributed by atoms with van der Waals surface area (Å²) in [6, 6.07) is 0. The molecular weight excluding hydrogens is 1000 g/mol. The largest absolute Gasteiger partial charge is 0.389 e. The molecule has 8 saturated carbocycles. The van der Waals surface area contributed by atoms with Crippen molar-refractivity contribution in [3.63, 3.8) is 0 Å². The molecule has 482 valence electrons. The summed E-state index contributed by atoms with van der Waals surface area (Å²) in [7, 11) is 0. The van der Waals surface area contributed by atoms with Gasteiger partial charge in [0.05, 0.1) is 0 Å². The van der Waals surface area contributed by atoms with Crippen LogP contribution in [0.3, 0.4) is 0 Å². The van der Waals surface area contributed by atoms with Crippen molar-refractivity contribution in [2.75, 3.05) is 0 Å². The first-order valence-corrected chi connectivity index (χ1v) is 35.2. The third kappa shape index (κ3) is 35.3. The second-order valence-electron chi connectivity index (χ2n) is 31.9. The second-order valence-corrected chi connectivity index (χ2v) is 31.9. The van der Waals surface area contributed by atoms with E-state index in [2.05, 4.69) is 96.9 Å². The first kappa shape index (κ1) is 79.6. The molecule has 0 aromatic rings. The molecule has 0 unspecified atom stereocenters. The van der Waals surface area contributed by atoms with Crippen LogP contribution in [-0.4, -0.2) is 12.4 Å². The van der Waals surface area contributed by atoms with Crippen molar-refractivity contribution in [2.45, 2.75) is 401 Å². The summed E-state index contributed by atoms with van der Waals surface area (Å²) < 4.78 is 69.0. The zero-order valence-electron chi connectivity index (χ0n) is 57.8. The Morgan fingerprint density at radius 1 is 0.338 bits per heavy atom. The van der Waals surface area contributed by atoms with E-state index in [-0.39, 0.29) is 11.8 Å². The van der Waals surface area contributed by atoms with Gasteiger partial charge in [-0.3, -0.25) is 0 Å². The van der Waals surface area contributed by atoms with Crippen LogP contribution < -0.4 is 0 Å². The maximum absolute atomic E-state index is 11.5. The smallest absolute Gasteiger partial charge is 0.171 e. The van der Waals surface area contributed by atoms with Gasteiger partial charge >= 0.3 is 12.4 Å². The van der Waals surface area contributed by atoms with E-state index in [1.165, 1.54) is 173 Å². The van der Waals surface area contributed by atoms with E-state index in [4.69, 9.17) is 0 Å². The summed E-state index contributed by atoms with van der Waals surface area (Å²) in [6.07, 6.45) is 44.3. The highest BCUT2D eigenvalue weighted by Gasteiger charge is 2.48. The van der Waals surface area contributed by atoms with Crippen LogP contribution in [0, 0.1) is 73.4 Å². The number of halogens is 6. The second kappa shape index (κ2) is 38.7. The minimum absolute atomic E-state index is 0.231. The molecule has 0 aromatic heterocycles. The zero-order chi connectivity index (χ0) is 61.5. The Kier molecular flexibility index (Phi) is 38.5. The molecule has 0 aromatic carbocycles. The molecule has 80 heavy (non-hydrogen) atoms. The first-order chi connectivity index (χ1) is 37.1. The Morgan fingerprint density at radius 3 is 0.800 bits per heavy atom. The summed E-state index contributed by atoms with van der Waals surface area (Å²) in [4.78, 5) is 0. The molecule has 0 nitrogen and oxygen atoms in total. The fourth-order valence-corrected chi connectivity index (χ4v) is 15.8. The number of hydrogen-bond donors (Lipinski definition) is 0. The number of alkyl halides is 6. The summed E-state index contributed by atoms with van der Waals surface area (Å²) in [5.74, 6) is 3.59. The number of rotatable bonds is 5. The summed E-state index contributed by atoms with van der Waals surface area (Å²) >= 11 is 0. The van der Waals surface area contributed by atoms with Crippen molar-refractivity contribution in [2.24, 2.45) is 73.4 Å². The van der Waals surface area contributed by atoms with E-state index < -0.39 is 25.2 Å². The van der Waals surface area contributed by atoms with Gasteiger partial charge in [-0.2, -0.15) is 26.3 Å². The van der Waals surface area contributed by atoms with E-state index in [1.54, 1.807) is 79.1 Å². The van der Waals surface area contributed by atoms with Crippen molar-refractivity contribution >= 4 is 0 Å². The standard InChI is InChI=1S/C16H30.C14H26.C12H22.C11H20.2C6H11F3.C4H10.C3H8.C2H6/c1-13-6-8-16(9-7-13)11-14(2,3)10-15(4,5)12-16;1-12-4-6-14(7-5-12)10-8-13(2,3)9-11-14;1-11-5-9-12(10-6-11)7-3-2-4-8-12;1-10-4-8-11(9-5-10)6-2-3-7-11;2*1-3-5(2)4-6(7,8)9;1-3-4-2;1-3-2;1-2/h13H,6-12H2,1-5H3;12H,4-11H2,1-3H3;11H,2-10H2,1H3;10H,2-9H2,1H3;2*5H,3-4H2,1-2H3;3-4H2,1-2H3;3H2,1-2H3;1-2H3/t;;;;2*5-;;;/m....00.../s1. The van der Waals surface area contributed by atoms with Crippen molar-refractivity contribution in [1.82, 2.24) is 0 Å². The molecule has 0 radical (unpaired) electrons. The highest BCUT2D eigenvalue weighted by Crippen LogP contribution is 2.60. The highest BCUT2D eigenvalue weighted by atomic mass is 19.4. The average molecular weight is 1150 g/mol. The molecule has 0 bridgehead atoms. The number of hydrogen-bond acceptors (Lipinski definition) is 0. The lowest BCUT2D eigenvalue weighted by atomic mass is 9.51. The Hall–Kier alpha value is -0.420. The Labute approximate surface area is 498 Å². The van der Waals surface area contributed by atoms with Crippen LogP contribution in [0.5, 0.6) is 0 Å². The molecule has 0 saturated heterocycles. The molecule has 8 aliphatic carbocycles. The van der Waals surface area contributed by atoms with Crippen molar-refractivity contribution in [1.29, 1.82) is 0 Å². The van der Waals surface area contributed by atoms with Gasteiger partial charge in [-0.05, 0) is 195 Å². The van der Waals surface area contributed by atoms with Gasteiger partial charge < -0.3 is 0 Å². The molecule has 8 rings (SSSR count). The van der Waals surface area contributed by atoms with Crippen molar-refractivity contribution < 1.29 is 26.3 Å². The topological polar surface area (TPSA) is 0 Å². The van der Waals surface area contributed by atoms with E-state index >= 15 is 0 Å². The van der Waals surface area contributed by atoms with Crippen LogP contribution in [0.1, 0.15) is 389 Å². The molecule has 2 atom stereocenters. The zero-order valence-corrected chi connectivity index (χ0v) is 57.8. The third-order valence-corrected chi connectivity index (χ3v) is 21.3. The van der Waals surface area contributed by atoms with Gasteiger partial charge in [-0.1, -0.05) is 254 Å². The van der Waals surface area contributed by atoms with Gasteiger partial charge in [0.2, 0.25) is 0 Å². The van der Waals surface area contributed by atoms with Crippen LogP contribution >= 0.6 is 0 Å². The molecule has 0 aliphatic heterocycles. The van der Waals surface area contributed by atoms with Crippen LogP contribution in [-0.2, 0) is 0 Å². The predicted octanol–water partition coefficient (Wildman–Crippen LogP) is 28.3. The van der Waals surface area contributed by atoms with Crippen molar-refractivity contribution in [3.8, 4) is 0 Å². The van der Waals surface area contributed by atoms with E-state index in [0.717, 1.165) is 39.9 Å². The summed E-state index contributed by atoms with van der Waals surface area (Å²) in [5.41, 5.74) is 4.98. The van der Waals surface area contributed by atoms with Gasteiger partial charge in [0.15, 0.2) is 0 Å². The van der Waals surface area contributed by atoms with Crippen LogP contribution in [0.4, 0.5) is 26.3 Å². The fraction of sp³-hybridized carbons (Fsp3) is 1.00. The third-order valence-electron chi connectivity index (χ3n) is 21.3. The summed E-state index contributed by atoms with van der Waals surface area (Å²) in [6.45, 7) is 43.9. The molecule has 0 heterocycles. The minimum atomic E-state index is -3.98. The minimum Gasteiger partial charge on any atom is -0.171 e. The molecule has 4 spiro atoms. The monoisotopic (exact) mass is 1150 g/mol. The quantitative estimate of drug-likeness (QED) is 0.241. The normalized spacial score (nSPS) is 25.3. The molecule has 8 fully saturated rings. The maximum atomic E-state index is 11.5. The van der Waals surface area contributed by atoms with E-state index in [0.29, 0.717) is 34.5 Å². The summed E-state index contributed by atoms with van der Waals surface area (Å²) in [5, 5.41) is 0. The highest BCUT2D eigenvalue weighted by molar-refractivity contribution is 4.99. The maximum Gasteiger partial charge on any atom is 0.389 e. The molecule has 6 heteroatoms. The SMILES string of the molecule is CC.CC1CCC2(CC1)CC(C)(C)CC(C)(C)C2.CC1CCC2(CC1)CCC(C)(C)CC2.CC1CCC2(CCCC2)CC1.CC1CCC2(CCCCC2)CC1.CCC.CCCC.CC[C@H](C)CC(F)(F)F.CC[C@H](C)CC(F)(F)F. The Bertz CT molecular complexity index is 1400. The van der Waals surface area contributed by atoms with Gasteiger partial charge in [0, 0.05) is 12.8 Å². The Morgan fingerprint density at radius 2 is 0.575 bits per heavy atom.